The topological polar surface area (TPSA) is 21.3 Å². The average Bonchev–Trinajstić information content (AvgIpc) is 3.17. The molecule has 0 amide bonds. The van der Waals surface area contributed by atoms with E-state index in [1.807, 2.05) is 17.4 Å². The van der Waals surface area contributed by atoms with Gasteiger partial charge in [0.25, 0.3) is 0 Å². The molecule has 0 radical (unpaired) electrons. The van der Waals surface area contributed by atoms with Crippen molar-refractivity contribution in [1.82, 2.24) is 5.32 Å². The maximum atomic E-state index is 5.94. The van der Waals surface area contributed by atoms with E-state index in [9.17, 15) is 0 Å². The first-order valence-electron chi connectivity index (χ1n) is 7.22. The van der Waals surface area contributed by atoms with Crippen LogP contribution in [0.1, 0.15) is 33.7 Å². The van der Waals surface area contributed by atoms with Gasteiger partial charge in [0.15, 0.2) is 0 Å². The Balaban J connectivity index is 1.56. The van der Waals surface area contributed by atoms with Gasteiger partial charge in [-0.05, 0) is 56.0 Å². The van der Waals surface area contributed by atoms with E-state index in [1.54, 1.807) is 0 Å². The Kier molecular flexibility index (Phi) is 4.08. The SMILES string of the molecule is Cc1cccc(OCc2ccc(CNC3CC3)s2)c1C. The van der Waals surface area contributed by atoms with Gasteiger partial charge in [-0.2, -0.15) is 0 Å². The van der Waals surface area contributed by atoms with E-state index in [-0.39, 0.29) is 0 Å². The normalized spacial score (nSPS) is 14.5. The Labute approximate surface area is 124 Å². The van der Waals surface area contributed by atoms with Crippen molar-refractivity contribution in [2.45, 2.75) is 45.9 Å². The monoisotopic (exact) mass is 287 g/mol. The molecular formula is C17H21NOS. The largest absolute Gasteiger partial charge is 0.488 e. The van der Waals surface area contributed by atoms with Crippen molar-refractivity contribution in [2.75, 3.05) is 0 Å². The molecule has 20 heavy (non-hydrogen) atoms. The summed E-state index contributed by atoms with van der Waals surface area (Å²) in [4.78, 5) is 2.69. The molecule has 1 aromatic carbocycles. The summed E-state index contributed by atoms with van der Waals surface area (Å²) in [5.41, 5.74) is 2.52. The maximum absolute atomic E-state index is 5.94. The molecule has 0 atom stereocenters. The van der Waals surface area contributed by atoms with Gasteiger partial charge in [-0.25, -0.2) is 0 Å². The van der Waals surface area contributed by atoms with Crippen LogP contribution in [0.5, 0.6) is 5.75 Å². The van der Waals surface area contributed by atoms with Gasteiger partial charge in [-0.1, -0.05) is 12.1 Å². The summed E-state index contributed by atoms with van der Waals surface area (Å²) in [6, 6.07) is 11.4. The zero-order valence-corrected chi connectivity index (χ0v) is 12.9. The summed E-state index contributed by atoms with van der Waals surface area (Å²) in [6.45, 7) is 5.90. The average molecular weight is 287 g/mol. The lowest BCUT2D eigenvalue weighted by atomic mass is 10.1. The molecular weight excluding hydrogens is 266 g/mol. The summed E-state index contributed by atoms with van der Waals surface area (Å²) < 4.78 is 5.94. The van der Waals surface area contributed by atoms with E-state index in [0.717, 1.165) is 18.3 Å². The molecule has 0 saturated heterocycles. The fraction of sp³-hybridized carbons (Fsp3) is 0.412. The van der Waals surface area contributed by atoms with Crippen LogP contribution in [0, 0.1) is 13.8 Å². The van der Waals surface area contributed by atoms with Crippen LogP contribution in [0.3, 0.4) is 0 Å². The van der Waals surface area contributed by atoms with Crippen LogP contribution < -0.4 is 10.1 Å². The highest BCUT2D eigenvalue weighted by Crippen LogP contribution is 2.25. The molecule has 1 aliphatic carbocycles. The van der Waals surface area contributed by atoms with E-state index in [4.69, 9.17) is 4.74 Å². The van der Waals surface area contributed by atoms with Crippen LogP contribution >= 0.6 is 11.3 Å². The van der Waals surface area contributed by atoms with Gasteiger partial charge in [-0.15, -0.1) is 11.3 Å². The molecule has 0 aliphatic heterocycles. The van der Waals surface area contributed by atoms with Crippen LogP contribution in [-0.2, 0) is 13.2 Å². The van der Waals surface area contributed by atoms with Gasteiger partial charge < -0.3 is 10.1 Å². The van der Waals surface area contributed by atoms with Crippen LogP contribution in [0.25, 0.3) is 0 Å². The van der Waals surface area contributed by atoms with E-state index in [1.165, 1.54) is 33.7 Å². The molecule has 1 heterocycles. The number of hydrogen-bond donors (Lipinski definition) is 1. The zero-order valence-electron chi connectivity index (χ0n) is 12.1. The Hall–Kier alpha value is -1.32. The molecule has 1 aromatic heterocycles. The third kappa shape index (κ3) is 3.41. The van der Waals surface area contributed by atoms with E-state index in [0.29, 0.717) is 6.61 Å². The predicted octanol–water partition coefficient (Wildman–Crippen LogP) is 4.20. The van der Waals surface area contributed by atoms with Crippen LogP contribution in [-0.4, -0.2) is 6.04 Å². The van der Waals surface area contributed by atoms with Crippen LogP contribution in [0.2, 0.25) is 0 Å². The number of benzene rings is 1. The van der Waals surface area contributed by atoms with Crippen molar-refractivity contribution >= 4 is 11.3 Å². The maximum Gasteiger partial charge on any atom is 0.123 e. The number of hydrogen-bond acceptors (Lipinski definition) is 3. The molecule has 106 valence electrons. The molecule has 0 bridgehead atoms. The lowest BCUT2D eigenvalue weighted by Gasteiger charge is -2.09. The van der Waals surface area contributed by atoms with E-state index < -0.39 is 0 Å². The quantitative estimate of drug-likeness (QED) is 0.860. The third-order valence-electron chi connectivity index (χ3n) is 3.78. The fourth-order valence-electron chi connectivity index (χ4n) is 2.16. The summed E-state index contributed by atoms with van der Waals surface area (Å²) >= 11 is 1.84. The van der Waals surface area contributed by atoms with Crippen molar-refractivity contribution in [3.63, 3.8) is 0 Å². The number of aryl methyl sites for hydroxylation is 1. The highest BCUT2D eigenvalue weighted by Gasteiger charge is 2.20. The van der Waals surface area contributed by atoms with Crippen LogP contribution in [0.4, 0.5) is 0 Å². The Bertz CT molecular complexity index is 586. The number of rotatable bonds is 6. The lowest BCUT2D eigenvalue weighted by molar-refractivity contribution is 0.307. The van der Waals surface area contributed by atoms with Gasteiger partial charge in [0.1, 0.15) is 12.4 Å². The lowest BCUT2D eigenvalue weighted by Crippen LogP contribution is -2.14. The highest BCUT2D eigenvalue weighted by molar-refractivity contribution is 7.11. The molecule has 1 fully saturated rings. The molecule has 0 spiro atoms. The molecule has 1 aliphatic rings. The summed E-state index contributed by atoms with van der Waals surface area (Å²) in [7, 11) is 0. The summed E-state index contributed by atoms with van der Waals surface area (Å²) in [5.74, 6) is 0.996. The molecule has 3 rings (SSSR count). The van der Waals surface area contributed by atoms with Crippen molar-refractivity contribution in [1.29, 1.82) is 0 Å². The predicted molar refractivity (Wildman–Crippen MR) is 84.4 cm³/mol. The van der Waals surface area contributed by atoms with Gasteiger partial charge in [0, 0.05) is 22.3 Å². The van der Waals surface area contributed by atoms with Crippen molar-refractivity contribution in [3.8, 4) is 5.75 Å². The van der Waals surface area contributed by atoms with E-state index >= 15 is 0 Å². The molecule has 2 aromatic rings. The minimum atomic E-state index is 0.665. The Morgan fingerprint density at radius 1 is 1.15 bits per heavy atom. The molecule has 3 heteroatoms. The van der Waals surface area contributed by atoms with Gasteiger partial charge >= 0.3 is 0 Å². The zero-order chi connectivity index (χ0) is 13.9. The Morgan fingerprint density at radius 2 is 1.95 bits per heavy atom. The number of nitrogens with one attached hydrogen (secondary N) is 1. The van der Waals surface area contributed by atoms with Gasteiger partial charge in [0.05, 0.1) is 0 Å². The summed E-state index contributed by atoms with van der Waals surface area (Å²) in [6.07, 6.45) is 2.68. The first kappa shape index (κ1) is 13.7. The first-order chi connectivity index (χ1) is 9.72. The highest BCUT2D eigenvalue weighted by atomic mass is 32.1. The van der Waals surface area contributed by atoms with E-state index in [2.05, 4.69) is 43.4 Å². The van der Waals surface area contributed by atoms with Crippen molar-refractivity contribution < 1.29 is 4.74 Å². The minimum absolute atomic E-state index is 0.665. The molecule has 1 saturated carbocycles. The van der Waals surface area contributed by atoms with Crippen molar-refractivity contribution in [2.24, 2.45) is 0 Å². The van der Waals surface area contributed by atoms with Gasteiger partial charge in [-0.3, -0.25) is 0 Å². The third-order valence-corrected chi connectivity index (χ3v) is 4.84. The summed E-state index contributed by atoms with van der Waals surface area (Å²) in [5, 5.41) is 3.55. The number of ether oxygens (including phenoxy) is 1. The standard InChI is InChI=1S/C17H21NOS/c1-12-4-3-5-17(13(12)2)19-11-16-9-8-15(20-16)10-18-14-6-7-14/h3-5,8-9,14,18H,6-7,10-11H2,1-2H3. The molecule has 0 unspecified atom stereocenters. The van der Waals surface area contributed by atoms with Crippen molar-refractivity contribution in [3.05, 3.63) is 51.2 Å². The first-order valence-corrected chi connectivity index (χ1v) is 8.04. The second kappa shape index (κ2) is 5.98. The smallest absolute Gasteiger partial charge is 0.123 e. The van der Waals surface area contributed by atoms with Gasteiger partial charge in [0.2, 0.25) is 0 Å². The second-order valence-electron chi connectivity index (χ2n) is 5.51. The fourth-order valence-corrected chi connectivity index (χ4v) is 3.04. The second-order valence-corrected chi connectivity index (χ2v) is 6.76. The molecule has 2 nitrogen and oxygen atoms in total. The minimum Gasteiger partial charge on any atom is -0.488 e. The number of thiophene rings is 1. The molecule has 1 N–H and O–H groups in total. The Morgan fingerprint density at radius 3 is 2.75 bits per heavy atom. The van der Waals surface area contributed by atoms with Crippen LogP contribution in [0.15, 0.2) is 30.3 Å².